The number of hydrogen-bond acceptors (Lipinski definition) is 3. The minimum Gasteiger partial charge on any atom is -0.282 e. The summed E-state index contributed by atoms with van der Waals surface area (Å²) in [6.45, 7) is 3.37. The molecule has 0 spiro atoms. The van der Waals surface area contributed by atoms with Gasteiger partial charge >= 0.3 is 0 Å². The molecule has 86 valence electrons. The predicted molar refractivity (Wildman–Crippen MR) is 63.4 cm³/mol. The molecule has 0 aliphatic carbocycles. The highest BCUT2D eigenvalue weighted by Crippen LogP contribution is 2.13. The third-order valence-corrected chi connectivity index (χ3v) is 3.83. The number of anilines is 1. The van der Waals surface area contributed by atoms with Gasteiger partial charge in [0.2, 0.25) is 10.0 Å². The predicted octanol–water partition coefficient (Wildman–Crippen LogP) is 1.90. The van der Waals surface area contributed by atoms with Crippen molar-refractivity contribution >= 4 is 15.7 Å². The largest absolute Gasteiger partial charge is 0.282 e. The molecule has 1 atom stereocenters. The third kappa shape index (κ3) is 2.97. The number of aryl methyl sites for hydroxylation is 1. The maximum atomic E-state index is 11.6. The standard InChI is InChI=1S/C11H14N2O2S/c1-3-10-4-6-11(7-5-10)13-16(14,15)9(2)8-12/h4-7,9,13H,3H2,1-2H3. The first-order chi connectivity index (χ1) is 7.49. The van der Waals surface area contributed by atoms with Crippen LogP contribution in [-0.2, 0) is 16.4 Å². The molecule has 1 N–H and O–H groups in total. The molecule has 0 fully saturated rings. The third-order valence-electron chi connectivity index (χ3n) is 2.27. The number of nitrogens with zero attached hydrogens (tertiary/aromatic N) is 1. The summed E-state index contributed by atoms with van der Waals surface area (Å²) >= 11 is 0. The van der Waals surface area contributed by atoms with E-state index in [4.69, 9.17) is 5.26 Å². The van der Waals surface area contributed by atoms with E-state index in [1.165, 1.54) is 6.92 Å². The molecule has 0 radical (unpaired) electrons. The zero-order chi connectivity index (χ0) is 12.2. The Labute approximate surface area is 96.0 Å². The van der Waals surface area contributed by atoms with Crippen molar-refractivity contribution < 1.29 is 8.42 Å². The molecule has 5 heteroatoms. The van der Waals surface area contributed by atoms with E-state index in [0.29, 0.717) is 5.69 Å². The Bertz CT molecular complexity index is 486. The molecule has 0 bridgehead atoms. The smallest absolute Gasteiger partial charge is 0.248 e. The fourth-order valence-electron chi connectivity index (χ4n) is 1.13. The number of hydrogen-bond donors (Lipinski definition) is 1. The first-order valence-corrected chi connectivity index (χ1v) is 6.54. The van der Waals surface area contributed by atoms with Crippen LogP contribution in [-0.4, -0.2) is 13.7 Å². The summed E-state index contributed by atoms with van der Waals surface area (Å²) < 4.78 is 25.5. The van der Waals surface area contributed by atoms with E-state index in [2.05, 4.69) is 4.72 Å². The van der Waals surface area contributed by atoms with E-state index in [1.54, 1.807) is 18.2 Å². The summed E-state index contributed by atoms with van der Waals surface area (Å²) in [5.74, 6) is 0. The summed E-state index contributed by atoms with van der Waals surface area (Å²) in [5.41, 5.74) is 1.62. The van der Waals surface area contributed by atoms with Crippen molar-refractivity contribution in [1.29, 1.82) is 5.26 Å². The molecule has 16 heavy (non-hydrogen) atoms. The molecule has 1 aromatic carbocycles. The number of sulfonamides is 1. The van der Waals surface area contributed by atoms with Crippen LogP contribution in [0.3, 0.4) is 0 Å². The van der Waals surface area contributed by atoms with Gasteiger partial charge < -0.3 is 0 Å². The number of nitrogens with one attached hydrogen (secondary N) is 1. The first-order valence-electron chi connectivity index (χ1n) is 4.99. The average Bonchev–Trinajstić information content (AvgIpc) is 2.28. The molecule has 0 saturated carbocycles. The summed E-state index contributed by atoms with van der Waals surface area (Å²) in [7, 11) is -3.59. The minimum atomic E-state index is -3.59. The highest BCUT2D eigenvalue weighted by molar-refractivity contribution is 7.93. The Hall–Kier alpha value is -1.54. The van der Waals surface area contributed by atoms with Gasteiger partial charge in [0.1, 0.15) is 0 Å². The van der Waals surface area contributed by atoms with Gasteiger partial charge in [-0.1, -0.05) is 19.1 Å². The van der Waals surface area contributed by atoms with Gasteiger partial charge in [0.15, 0.2) is 5.25 Å². The Morgan fingerprint density at radius 2 is 1.94 bits per heavy atom. The van der Waals surface area contributed by atoms with Crippen LogP contribution in [0.1, 0.15) is 19.4 Å². The quantitative estimate of drug-likeness (QED) is 0.871. The van der Waals surface area contributed by atoms with Crippen LogP contribution in [0, 0.1) is 11.3 Å². The summed E-state index contributed by atoms with van der Waals surface area (Å²) in [6, 6.07) is 8.80. The zero-order valence-corrected chi connectivity index (χ0v) is 10.1. The topological polar surface area (TPSA) is 70.0 Å². The molecule has 0 aliphatic rings. The van der Waals surface area contributed by atoms with Crippen LogP contribution in [0.25, 0.3) is 0 Å². The Morgan fingerprint density at radius 3 is 2.38 bits per heavy atom. The van der Waals surface area contributed by atoms with Gasteiger partial charge in [-0.15, -0.1) is 0 Å². The van der Waals surface area contributed by atoms with Crippen LogP contribution in [0.5, 0.6) is 0 Å². The molecule has 0 aliphatic heterocycles. The average molecular weight is 238 g/mol. The lowest BCUT2D eigenvalue weighted by atomic mass is 10.2. The van der Waals surface area contributed by atoms with Crippen LogP contribution in [0.4, 0.5) is 5.69 Å². The summed E-state index contributed by atoms with van der Waals surface area (Å²) in [5, 5.41) is 7.50. The molecule has 0 amide bonds. The van der Waals surface area contributed by atoms with E-state index in [1.807, 2.05) is 19.1 Å². The van der Waals surface area contributed by atoms with Gasteiger partial charge in [0.05, 0.1) is 6.07 Å². The maximum absolute atomic E-state index is 11.6. The van der Waals surface area contributed by atoms with E-state index >= 15 is 0 Å². The van der Waals surface area contributed by atoms with Gasteiger partial charge in [0, 0.05) is 5.69 Å². The minimum absolute atomic E-state index is 0.485. The van der Waals surface area contributed by atoms with Gasteiger partial charge in [-0.3, -0.25) is 4.72 Å². The Morgan fingerprint density at radius 1 is 1.38 bits per heavy atom. The highest BCUT2D eigenvalue weighted by Gasteiger charge is 2.19. The van der Waals surface area contributed by atoms with Gasteiger partial charge in [-0.2, -0.15) is 5.26 Å². The first kappa shape index (κ1) is 12.5. The number of nitriles is 1. The van der Waals surface area contributed by atoms with Crippen molar-refractivity contribution in [3.63, 3.8) is 0 Å². The molecule has 0 heterocycles. The fourth-order valence-corrected chi connectivity index (χ4v) is 1.91. The molecule has 0 aromatic heterocycles. The van der Waals surface area contributed by atoms with E-state index in [-0.39, 0.29) is 0 Å². The van der Waals surface area contributed by atoms with Crippen LogP contribution in [0.2, 0.25) is 0 Å². The molecule has 1 aromatic rings. The normalized spacial score (nSPS) is 12.8. The van der Waals surface area contributed by atoms with E-state index < -0.39 is 15.3 Å². The molecular formula is C11H14N2O2S. The lowest BCUT2D eigenvalue weighted by Gasteiger charge is -2.09. The lowest BCUT2D eigenvalue weighted by molar-refractivity contribution is 0.597. The number of rotatable bonds is 4. The van der Waals surface area contributed by atoms with Crippen molar-refractivity contribution in [1.82, 2.24) is 0 Å². The highest BCUT2D eigenvalue weighted by atomic mass is 32.2. The molecule has 0 saturated heterocycles. The Kier molecular flexibility index (Phi) is 3.91. The van der Waals surface area contributed by atoms with Gasteiger partial charge in [-0.25, -0.2) is 8.42 Å². The van der Waals surface area contributed by atoms with Crippen LogP contribution >= 0.6 is 0 Å². The van der Waals surface area contributed by atoms with Gasteiger partial charge in [0.25, 0.3) is 0 Å². The van der Waals surface area contributed by atoms with Crippen LogP contribution < -0.4 is 4.72 Å². The zero-order valence-electron chi connectivity index (χ0n) is 9.27. The SMILES string of the molecule is CCc1ccc(NS(=O)(=O)C(C)C#N)cc1. The van der Waals surface area contributed by atoms with Crippen molar-refractivity contribution in [3.8, 4) is 6.07 Å². The monoisotopic (exact) mass is 238 g/mol. The summed E-state index contributed by atoms with van der Waals surface area (Å²) in [6.07, 6.45) is 0.904. The van der Waals surface area contributed by atoms with Crippen molar-refractivity contribution in [2.24, 2.45) is 0 Å². The maximum Gasteiger partial charge on any atom is 0.248 e. The molecule has 1 rings (SSSR count). The second kappa shape index (κ2) is 4.99. The second-order valence-corrected chi connectivity index (χ2v) is 5.47. The molecular weight excluding hydrogens is 224 g/mol. The van der Waals surface area contributed by atoms with E-state index in [0.717, 1.165) is 12.0 Å². The summed E-state index contributed by atoms with van der Waals surface area (Å²) in [4.78, 5) is 0. The molecule has 4 nitrogen and oxygen atoms in total. The Balaban J connectivity index is 2.85. The van der Waals surface area contributed by atoms with Gasteiger partial charge in [-0.05, 0) is 31.0 Å². The van der Waals surface area contributed by atoms with Crippen molar-refractivity contribution in [2.45, 2.75) is 25.5 Å². The molecule has 1 unspecified atom stereocenters. The van der Waals surface area contributed by atoms with E-state index in [9.17, 15) is 8.42 Å². The second-order valence-electron chi connectivity index (χ2n) is 3.47. The van der Waals surface area contributed by atoms with Crippen molar-refractivity contribution in [3.05, 3.63) is 29.8 Å². The van der Waals surface area contributed by atoms with Crippen molar-refractivity contribution in [2.75, 3.05) is 4.72 Å². The lowest BCUT2D eigenvalue weighted by Crippen LogP contribution is -2.23. The van der Waals surface area contributed by atoms with Crippen LogP contribution in [0.15, 0.2) is 24.3 Å². The fraction of sp³-hybridized carbons (Fsp3) is 0.364. The number of benzene rings is 1.